The van der Waals surface area contributed by atoms with Crippen LogP contribution in [0.3, 0.4) is 0 Å². The molecule has 6 nitrogen and oxygen atoms in total. The molecule has 0 aliphatic carbocycles. The zero-order valence-electron chi connectivity index (χ0n) is 16.6. The summed E-state index contributed by atoms with van der Waals surface area (Å²) >= 11 is 0. The van der Waals surface area contributed by atoms with Crippen molar-refractivity contribution in [3.63, 3.8) is 0 Å². The molecule has 0 saturated carbocycles. The zero-order valence-corrected chi connectivity index (χ0v) is 16.6. The van der Waals surface area contributed by atoms with Crippen LogP contribution in [0.15, 0.2) is 24.3 Å². The molecule has 1 aromatic rings. The van der Waals surface area contributed by atoms with Crippen molar-refractivity contribution in [3.8, 4) is 5.75 Å². The number of hydrogen-bond donors (Lipinski definition) is 2. The Kier molecular flexibility index (Phi) is 7.11. The van der Waals surface area contributed by atoms with E-state index in [4.69, 9.17) is 9.47 Å². The van der Waals surface area contributed by atoms with Gasteiger partial charge in [0.15, 0.2) is 0 Å². The normalized spacial score (nSPS) is 23.3. The lowest BCUT2D eigenvalue weighted by molar-refractivity contribution is -0.0882. The molecule has 1 atom stereocenters. The van der Waals surface area contributed by atoms with Crippen molar-refractivity contribution in [1.82, 2.24) is 9.80 Å². The van der Waals surface area contributed by atoms with Gasteiger partial charge in [-0.25, -0.2) is 0 Å². The Labute approximate surface area is 162 Å². The Morgan fingerprint density at radius 1 is 1.22 bits per heavy atom. The van der Waals surface area contributed by atoms with E-state index in [0.717, 1.165) is 57.9 Å². The number of morpholine rings is 1. The van der Waals surface area contributed by atoms with Crippen LogP contribution in [0, 0.1) is 0 Å². The summed E-state index contributed by atoms with van der Waals surface area (Å²) in [6.07, 6.45) is 0.862. The highest BCUT2D eigenvalue weighted by molar-refractivity contribution is 5.28. The fourth-order valence-electron chi connectivity index (χ4n) is 3.89. The molecular weight excluding hydrogens is 344 g/mol. The van der Waals surface area contributed by atoms with Gasteiger partial charge >= 0.3 is 0 Å². The number of piperidine rings is 1. The first kappa shape index (κ1) is 20.6. The van der Waals surface area contributed by atoms with Crippen LogP contribution in [-0.2, 0) is 11.3 Å². The molecule has 2 heterocycles. The highest BCUT2D eigenvalue weighted by atomic mass is 16.5. The van der Waals surface area contributed by atoms with Crippen LogP contribution in [0.4, 0.5) is 0 Å². The van der Waals surface area contributed by atoms with Gasteiger partial charge in [-0.3, -0.25) is 4.90 Å². The van der Waals surface area contributed by atoms with Crippen LogP contribution < -0.4 is 4.74 Å². The van der Waals surface area contributed by atoms with E-state index in [9.17, 15) is 10.2 Å². The summed E-state index contributed by atoms with van der Waals surface area (Å²) in [5.74, 6) is 0.799. The molecule has 152 valence electrons. The minimum Gasteiger partial charge on any atom is -0.491 e. The lowest BCUT2D eigenvalue weighted by Gasteiger charge is -2.38. The van der Waals surface area contributed by atoms with Gasteiger partial charge in [-0.05, 0) is 44.4 Å². The van der Waals surface area contributed by atoms with Crippen molar-refractivity contribution in [2.24, 2.45) is 0 Å². The third kappa shape index (κ3) is 6.73. The number of nitrogens with zero attached hydrogens (tertiary/aromatic N) is 2. The van der Waals surface area contributed by atoms with Gasteiger partial charge in [0.2, 0.25) is 0 Å². The highest BCUT2D eigenvalue weighted by Gasteiger charge is 2.27. The molecule has 0 amide bonds. The minimum atomic E-state index is -0.524. The van der Waals surface area contributed by atoms with Gasteiger partial charge in [-0.1, -0.05) is 12.1 Å². The fourth-order valence-corrected chi connectivity index (χ4v) is 3.89. The SMILES string of the molecule is CC1(C)CN(Cc2cccc(OC[C@H](O)CN3CCC(O)CC3)c2)CCO1. The van der Waals surface area contributed by atoms with E-state index < -0.39 is 6.10 Å². The maximum atomic E-state index is 10.3. The van der Waals surface area contributed by atoms with Gasteiger partial charge in [-0.2, -0.15) is 0 Å². The Bertz CT molecular complexity index is 587. The quantitative estimate of drug-likeness (QED) is 0.750. The maximum absolute atomic E-state index is 10.3. The minimum absolute atomic E-state index is 0.0963. The van der Waals surface area contributed by atoms with Gasteiger partial charge in [-0.15, -0.1) is 0 Å². The summed E-state index contributed by atoms with van der Waals surface area (Å²) in [4.78, 5) is 4.60. The number of aliphatic hydroxyl groups excluding tert-OH is 2. The summed E-state index contributed by atoms with van der Waals surface area (Å²) < 4.78 is 11.6. The van der Waals surface area contributed by atoms with Crippen molar-refractivity contribution >= 4 is 0 Å². The predicted octanol–water partition coefficient (Wildman–Crippen LogP) is 1.49. The Hall–Kier alpha value is -1.18. The van der Waals surface area contributed by atoms with Crippen molar-refractivity contribution in [2.45, 2.75) is 51.0 Å². The molecule has 0 aromatic heterocycles. The number of rotatable bonds is 7. The molecule has 3 rings (SSSR count). The van der Waals surface area contributed by atoms with Crippen LogP contribution in [0.5, 0.6) is 5.75 Å². The van der Waals surface area contributed by atoms with Crippen LogP contribution in [0.1, 0.15) is 32.3 Å². The molecule has 1 aromatic carbocycles. The predicted molar refractivity (Wildman–Crippen MR) is 105 cm³/mol. The van der Waals surface area contributed by atoms with Gasteiger partial charge in [0, 0.05) is 39.3 Å². The van der Waals surface area contributed by atoms with E-state index >= 15 is 0 Å². The average Bonchev–Trinajstić information content (AvgIpc) is 2.61. The van der Waals surface area contributed by atoms with E-state index in [1.807, 2.05) is 12.1 Å². The summed E-state index contributed by atoms with van der Waals surface area (Å²) in [6.45, 7) is 10.3. The van der Waals surface area contributed by atoms with E-state index in [1.54, 1.807) is 0 Å². The second-order valence-corrected chi connectivity index (χ2v) is 8.46. The topological polar surface area (TPSA) is 65.4 Å². The number of ether oxygens (including phenoxy) is 2. The number of benzene rings is 1. The number of likely N-dealkylation sites (tertiary alicyclic amines) is 1. The third-order valence-corrected chi connectivity index (χ3v) is 5.28. The highest BCUT2D eigenvalue weighted by Crippen LogP contribution is 2.20. The molecule has 0 radical (unpaired) electrons. The molecule has 0 bridgehead atoms. The molecule has 6 heteroatoms. The van der Waals surface area contributed by atoms with Crippen LogP contribution >= 0.6 is 0 Å². The van der Waals surface area contributed by atoms with Crippen molar-refractivity contribution in [3.05, 3.63) is 29.8 Å². The number of β-amino-alcohol motifs (C(OH)–C–C–N with tert-alkyl or cyclic N) is 1. The monoisotopic (exact) mass is 378 g/mol. The number of aliphatic hydroxyl groups is 2. The summed E-state index contributed by atoms with van der Waals surface area (Å²) in [5.41, 5.74) is 1.12. The molecule has 2 N–H and O–H groups in total. The fraction of sp³-hybridized carbons (Fsp3) is 0.714. The van der Waals surface area contributed by atoms with Crippen molar-refractivity contribution in [1.29, 1.82) is 0 Å². The zero-order chi connectivity index (χ0) is 19.3. The maximum Gasteiger partial charge on any atom is 0.119 e. The molecule has 2 aliphatic heterocycles. The van der Waals surface area contributed by atoms with E-state index in [2.05, 4.69) is 35.8 Å². The van der Waals surface area contributed by atoms with Crippen molar-refractivity contribution < 1.29 is 19.7 Å². The van der Waals surface area contributed by atoms with Gasteiger partial charge in [0.1, 0.15) is 18.5 Å². The van der Waals surface area contributed by atoms with Gasteiger partial charge in [0.25, 0.3) is 0 Å². The second-order valence-electron chi connectivity index (χ2n) is 8.46. The number of hydrogen-bond acceptors (Lipinski definition) is 6. The molecule has 0 unspecified atom stereocenters. The first-order valence-corrected chi connectivity index (χ1v) is 10.1. The van der Waals surface area contributed by atoms with Gasteiger partial charge in [0.05, 0.1) is 18.3 Å². The van der Waals surface area contributed by atoms with Crippen LogP contribution in [-0.4, -0.2) is 83.8 Å². The molecular formula is C21H34N2O4. The lowest BCUT2D eigenvalue weighted by Crippen LogP contribution is -2.47. The Balaban J connectivity index is 1.44. The van der Waals surface area contributed by atoms with E-state index in [1.165, 1.54) is 5.56 Å². The smallest absolute Gasteiger partial charge is 0.119 e. The molecule has 2 saturated heterocycles. The first-order valence-electron chi connectivity index (χ1n) is 10.1. The Morgan fingerprint density at radius 2 is 2.00 bits per heavy atom. The second kappa shape index (κ2) is 9.34. The summed E-state index contributed by atoms with van der Waals surface area (Å²) in [5, 5.41) is 19.8. The molecule has 2 fully saturated rings. The lowest BCUT2D eigenvalue weighted by atomic mass is 10.1. The standard InChI is InChI=1S/C21H34N2O4/c1-21(2)16-23(10-11-27-21)13-17-4-3-5-20(12-17)26-15-19(25)14-22-8-6-18(24)7-9-22/h3-5,12,18-19,24-25H,6-11,13-16H2,1-2H3/t19-/m1/s1. The van der Waals surface area contributed by atoms with Crippen LogP contribution in [0.25, 0.3) is 0 Å². The molecule has 27 heavy (non-hydrogen) atoms. The average molecular weight is 379 g/mol. The summed E-state index contributed by atoms with van der Waals surface area (Å²) in [7, 11) is 0. The van der Waals surface area contributed by atoms with Crippen LogP contribution in [0.2, 0.25) is 0 Å². The molecule has 2 aliphatic rings. The Morgan fingerprint density at radius 3 is 2.74 bits per heavy atom. The van der Waals surface area contributed by atoms with Crippen molar-refractivity contribution in [2.75, 3.05) is 45.9 Å². The van der Waals surface area contributed by atoms with E-state index in [0.29, 0.717) is 6.54 Å². The van der Waals surface area contributed by atoms with E-state index in [-0.39, 0.29) is 18.3 Å². The third-order valence-electron chi connectivity index (χ3n) is 5.28. The van der Waals surface area contributed by atoms with Gasteiger partial charge < -0.3 is 24.6 Å². The largest absolute Gasteiger partial charge is 0.491 e. The summed E-state index contributed by atoms with van der Waals surface area (Å²) in [6, 6.07) is 8.13. The first-order chi connectivity index (χ1) is 12.9. The molecule has 0 spiro atoms.